The van der Waals surface area contributed by atoms with Crippen molar-refractivity contribution in [1.82, 2.24) is 9.88 Å². The largest absolute Gasteiger partial charge is 0.480 e. The molecule has 1 fully saturated rings. The Kier molecular flexibility index (Phi) is 3.54. The second-order valence-corrected chi connectivity index (χ2v) is 6.76. The van der Waals surface area contributed by atoms with Crippen LogP contribution in [0.2, 0.25) is 0 Å². The molecule has 0 spiro atoms. The molecule has 1 N–H and O–H groups in total. The average molecular weight is 280 g/mol. The third-order valence-electron chi connectivity index (χ3n) is 3.19. The van der Waals surface area contributed by atoms with Crippen LogP contribution in [0.5, 0.6) is 0 Å². The third kappa shape index (κ3) is 2.45. The Balaban J connectivity index is 2.45. The van der Waals surface area contributed by atoms with E-state index in [0.29, 0.717) is 0 Å². The van der Waals surface area contributed by atoms with Crippen molar-refractivity contribution in [2.45, 2.75) is 36.9 Å². The van der Waals surface area contributed by atoms with Crippen molar-refractivity contribution >= 4 is 23.6 Å². The van der Waals surface area contributed by atoms with E-state index in [-0.39, 0.29) is 11.3 Å². The number of hydrogen-bond donors (Lipinski definition) is 1. The first-order chi connectivity index (χ1) is 8.84. The van der Waals surface area contributed by atoms with Gasteiger partial charge in [-0.25, -0.2) is 4.79 Å². The average Bonchev–Trinajstić information content (AvgIpc) is 2.62. The molecule has 2 heterocycles. The Hall–Kier alpha value is -1.56. The highest BCUT2D eigenvalue weighted by Crippen LogP contribution is 2.52. The molecule has 1 saturated heterocycles. The Labute approximate surface area is 116 Å². The molecule has 1 aromatic rings. The minimum absolute atomic E-state index is 0.229. The van der Waals surface area contributed by atoms with Crippen LogP contribution in [-0.2, 0) is 9.59 Å². The van der Waals surface area contributed by atoms with Gasteiger partial charge in [0.2, 0.25) is 5.91 Å². The zero-order chi connectivity index (χ0) is 14.2. The van der Waals surface area contributed by atoms with Crippen LogP contribution in [0.15, 0.2) is 24.5 Å². The van der Waals surface area contributed by atoms with E-state index in [4.69, 9.17) is 0 Å². The fourth-order valence-corrected chi connectivity index (χ4v) is 3.99. The topological polar surface area (TPSA) is 70.5 Å². The van der Waals surface area contributed by atoms with Crippen molar-refractivity contribution in [2.24, 2.45) is 0 Å². The van der Waals surface area contributed by atoms with Crippen LogP contribution in [0.1, 0.15) is 31.7 Å². The van der Waals surface area contributed by atoms with Crippen molar-refractivity contribution < 1.29 is 14.7 Å². The van der Waals surface area contributed by atoms with Crippen molar-refractivity contribution in [1.29, 1.82) is 0 Å². The molecule has 5 nitrogen and oxygen atoms in total. The Morgan fingerprint density at radius 2 is 1.95 bits per heavy atom. The van der Waals surface area contributed by atoms with Gasteiger partial charge in [0.05, 0.1) is 0 Å². The summed E-state index contributed by atoms with van der Waals surface area (Å²) in [7, 11) is 0. The van der Waals surface area contributed by atoms with Crippen LogP contribution in [0, 0.1) is 0 Å². The predicted molar refractivity (Wildman–Crippen MR) is 72.6 cm³/mol. The minimum Gasteiger partial charge on any atom is -0.480 e. The highest BCUT2D eigenvalue weighted by molar-refractivity contribution is 8.01. The summed E-state index contributed by atoms with van der Waals surface area (Å²) in [4.78, 5) is 28.8. The van der Waals surface area contributed by atoms with E-state index >= 15 is 0 Å². The van der Waals surface area contributed by atoms with Gasteiger partial charge in [0.15, 0.2) is 0 Å². The van der Waals surface area contributed by atoms with Crippen LogP contribution >= 0.6 is 11.8 Å². The molecule has 1 amide bonds. The van der Waals surface area contributed by atoms with Crippen LogP contribution in [0.4, 0.5) is 0 Å². The molecule has 19 heavy (non-hydrogen) atoms. The summed E-state index contributed by atoms with van der Waals surface area (Å²) in [5.41, 5.74) is 0.895. The van der Waals surface area contributed by atoms with Crippen LogP contribution in [0.25, 0.3) is 0 Å². The van der Waals surface area contributed by atoms with E-state index in [1.54, 1.807) is 12.4 Å². The molecule has 0 unspecified atom stereocenters. The molecule has 0 aromatic carbocycles. The highest BCUT2D eigenvalue weighted by atomic mass is 32.2. The van der Waals surface area contributed by atoms with Gasteiger partial charge in [-0.1, -0.05) is 0 Å². The Bertz CT molecular complexity index is 504. The molecule has 2 atom stereocenters. The summed E-state index contributed by atoms with van der Waals surface area (Å²) in [5, 5.41) is 9.13. The summed E-state index contributed by atoms with van der Waals surface area (Å²) >= 11 is 1.49. The van der Waals surface area contributed by atoms with E-state index in [1.807, 2.05) is 26.0 Å². The molecular weight excluding hydrogens is 264 g/mol. The summed E-state index contributed by atoms with van der Waals surface area (Å²) < 4.78 is -0.536. The van der Waals surface area contributed by atoms with Gasteiger partial charge in [-0.3, -0.25) is 9.78 Å². The lowest BCUT2D eigenvalue weighted by atomic mass is 10.0. The first-order valence-corrected chi connectivity index (χ1v) is 6.82. The monoisotopic (exact) mass is 280 g/mol. The fourth-order valence-electron chi connectivity index (χ4n) is 2.40. The molecule has 0 radical (unpaired) electrons. The molecule has 1 aliphatic heterocycles. The summed E-state index contributed by atoms with van der Waals surface area (Å²) in [5.74, 6) is -1.20. The number of amides is 1. The lowest BCUT2D eigenvalue weighted by Gasteiger charge is -2.28. The molecule has 0 saturated carbocycles. The van der Waals surface area contributed by atoms with Gasteiger partial charge in [0, 0.05) is 24.1 Å². The van der Waals surface area contributed by atoms with Crippen molar-refractivity contribution in [2.75, 3.05) is 0 Å². The smallest absolute Gasteiger partial charge is 0.327 e. The van der Waals surface area contributed by atoms with E-state index < -0.39 is 16.8 Å². The lowest BCUT2D eigenvalue weighted by molar-refractivity contribution is -0.150. The third-order valence-corrected chi connectivity index (χ3v) is 4.75. The first kappa shape index (κ1) is 13.9. The van der Waals surface area contributed by atoms with Crippen LogP contribution in [0.3, 0.4) is 0 Å². The SMILES string of the molecule is CC(=O)N1[C@@H](c2ccncc2)SC(C)(C)[C@@H]1C(=O)O. The fraction of sp³-hybridized carbons (Fsp3) is 0.462. The normalized spacial score (nSPS) is 25.3. The standard InChI is InChI=1S/C13H16N2O3S/c1-8(16)15-10(12(17)18)13(2,3)19-11(15)9-4-6-14-7-5-9/h4-7,10-11H,1-3H3,(H,17,18)/t10-,11+/m0/s1. The Morgan fingerprint density at radius 3 is 2.42 bits per heavy atom. The van der Waals surface area contributed by atoms with Gasteiger partial charge < -0.3 is 10.0 Å². The number of carbonyl (C=O) groups is 2. The molecule has 2 rings (SSSR count). The second kappa shape index (κ2) is 4.85. The zero-order valence-electron chi connectivity index (χ0n) is 11.0. The molecule has 102 valence electrons. The van der Waals surface area contributed by atoms with Gasteiger partial charge in [0.1, 0.15) is 11.4 Å². The number of pyridine rings is 1. The Morgan fingerprint density at radius 1 is 1.37 bits per heavy atom. The molecule has 6 heteroatoms. The van der Waals surface area contributed by atoms with Gasteiger partial charge in [-0.15, -0.1) is 11.8 Å². The quantitative estimate of drug-likeness (QED) is 0.896. The van der Waals surface area contributed by atoms with E-state index in [9.17, 15) is 14.7 Å². The molecule has 1 aromatic heterocycles. The second-order valence-electron chi connectivity index (χ2n) is 5.02. The summed E-state index contributed by atoms with van der Waals surface area (Å²) in [6.45, 7) is 5.12. The minimum atomic E-state index is -0.968. The van der Waals surface area contributed by atoms with E-state index in [2.05, 4.69) is 4.98 Å². The van der Waals surface area contributed by atoms with Gasteiger partial charge in [-0.2, -0.15) is 0 Å². The van der Waals surface area contributed by atoms with E-state index in [1.165, 1.54) is 23.6 Å². The number of carboxylic acid groups (broad SMARTS) is 1. The summed E-state index contributed by atoms with van der Waals surface area (Å²) in [6.07, 6.45) is 3.30. The van der Waals surface area contributed by atoms with Crippen molar-refractivity contribution in [3.63, 3.8) is 0 Å². The summed E-state index contributed by atoms with van der Waals surface area (Å²) in [6, 6.07) is 2.80. The number of nitrogens with zero attached hydrogens (tertiary/aromatic N) is 2. The lowest BCUT2D eigenvalue weighted by Crippen LogP contribution is -2.48. The number of hydrogen-bond acceptors (Lipinski definition) is 4. The molecule has 0 aliphatic carbocycles. The van der Waals surface area contributed by atoms with Crippen molar-refractivity contribution in [3.05, 3.63) is 30.1 Å². The maximum Gasteiger partial charge on any atom is 0.327 e. The van der Waals surface area contributed by atoms with Gasteiger partial charge in [-0.05, 0) is 31.5 Å². The highest BCUT2D eigenvalue weighted by Gasteiger charge is 2.52. The van der Waals surface area contributed by atoms with Gasteiger partial charge >= 0.3 is 5.97 Å². The maximum absolute atomic E-state index is 11.9. The number of rotatable bonds is 2. The predicted octanol–water partition coefficient (Wildman–Crippen LogP) is 1.91. The van der Waals surface area contributed by atoms with Crippen molar-refractivity contribution in [3.8, 4) is 0 Å². The molecular formula is C13H16N2O3S. The molecule has 1 aliphatic rings. The number of thioether (sulfide) groups is 1. The molecule has 0 bridgehead atoms. The van der Waals surface area contributed by atoms with Crippen LogP contribution < -0.4 is 0 Å². The zero-order valence-corrected chi connectivity index (χ0v) is 11.8. The number of aromatic nitrogens is 1. The van der Waals surface area contributed by atoms with Gasteiger partial charge in [0.25, 0.3) is 0 Å². The maximum atomic E-state index is 11.9. The number of carbonyl (C=O) groups excluding carboxylic acids is 1. The first-order valence-electron chi connectivity index (χ1n) is 5.94. The van der Waals surface area contributed by atoms with E-state index in [0.717, 1.165) is 5.56 Å². The number of carboxylic acids is 1. The number of aliphatic carboxylic acids is 1. The van der Waals surface area contributed by atoms with Crippen LogP contribution in [-0.4, -0.2) is 37.7 Å².